The van der Waals surface area contributed by atoms with Crippen LogP contribution < -0.4 is 10.6 Å². The Morgan fingerprint density at radius 2 is 1.83 bits per heavy atom. The molecular weight excluding hydrogens is 398 g/mol. The van der Waals surface area contributed by atoms with Gasteiger partial charge in [-0.15, -0.1) is 0 Å². The summed E-state index contributed by atoms with van der Waals surface area (Å²) in [6, 6.07) is 15.6. The summed E-state index contributed by atoms with van der Waals surface area (Å²) in [6.07, 6.45) is 1.00. The molecule has 0 saturated carbocycles. The SMILES string of the molecule is CCc1ccccc1NC(=O)CNC(=O)CCn1c(-c2ccc(C)cc2)n[nH]c1=S. The zero-order valence-electron chi connectivity index (χ0n) is 17.1. The lowest BCUT2D eigenvalue weighted by Crippen LogP contribution is -2.33. The van der Waals surface area contributed by atoms with Crippen LogP contribution in [0.2, 0.25) is 0 Å². The lowest BCUT2D eigenvalue weighted by atomic mass is 10.1. The van der Waals surface area contributed by atoms with Gasteiger partial charge in [-0.25, -0.2) is 0 Å². The number of aromatic amines is 1. The van der Waals surface area contributed by atoms with Crippen molar-refractivity contribution in [3.05, 3.63) is 64.4 Å². The number of para-hydroxylation sites is 1. The molecule has 0 spiro atoms. The van der Waals surface area contributed by atoms with Crippen LogP contribution in [0.25, 0.3) is 11.4 Å². The highest BCUT2D eigenvalue weighted by atomic mass is 32.1. The number of aryl methyl sites for hydroxylation is 2. The van der Waals surface area contributed by atoms with E-state index in [4.69, 9.17) is 12.2 Å². The Kier molecular flexibility index (Phi) is 7.13. The third-order valence-electron chi connectivity index (χ3n) is 4.75. The molecule has 30 heavy (non-hydrogen) atoms. The molecule has 8 heteroatoms. The van der Waals surface area contributed by atoms with Crippen molar-refractivity contribution in [2.75, 3.05) is 11.9 Å². The number of anilines is 1. The van der Waals surface area contributed by atoms with Crippen LogP contribution in [0.1, 0.15) is 24.5 Å². The molecule has 156 valence electrons. The van der Waals surface area contributed by atoms with Crippen molar-refractivity contribution in [3.8, 4) is 11.4 Å². The molecule has 0 aliphatic rings. The molecule has 7 nitrogen and oxygen atoms in total. The third-order valence-corrected chi connectivity index (χ3v) is 5.06. The molecule has 0 saturated heterocycles. The molecule has 0 radical (unpaired) electrons. The second-order valence-electron chi connectivity index (χ2n) is 6.96. The Morgan fingerprint density at radius 3 is 2.57 bits per heavy atom. The van der Waals surface area contributed by atoms with Gasteiger partial charge >= 0.3 is 0 Å². The smallest absolute Gasteiger partial charge is 0.243 e. The minimum atomic E-state index is -0.260. The van der Waals surface area contributed by atoms with E-state index in [-0.39, 0.29) is 24.8 Å². The van der Waals surface area contributed by atoms with Crippen LogP contribution in [0, 0.1) is 11.7 Å². The van der Waals surface area contributed by atoms with Gasteiger partial charge in [0.05, 0.1) is 6.54 Å². The van der Waals surface area contributed by atoms with E-state index < -0.39 is 0 Å². The van der Waals surface area contributed by atoms with E-state index >= 15 is 0 Å². The van der Waals surface area contributed by atoms with E-state index in [0.29, 0.717) is 17.1 Å². The molecule has 1 heterocycles. The lowest BCUT2D eigenvalue weighted by Gasteiger charge is -2.11. The fourth-order valence-corrected chi connectivity index (χ4v) is 3.30. The Bertz CT molecular complexity index is 1090. The van der Waals surface area contributed by atoms with E-state index in [1.165, 1.54) is 0 Å². The number of carbonyl (C=O) groups is 2. The molecule has 3 aromatic rings. The van der Waals surface area contributed by atoms with Crippen molar-refractivity contribution >= 4 is 29.7 Å². The number of hydrogen-bond donors (Lipinski definition) is 3. The highest BCUT2D eigenvalue weighted by Crippen LogP contribution is 2.18. The van der Waals surface area contributed by atoms with Crippen LogP contribution in [0.3, 0.4) is 0 Å². The first-order chi connectivity index (χ1) is 14.5. The minimum Gasteiger partial charge on any atom is -0.347 e. The third kappa shape index (κ3) is 5.42. The van der Waals surface area contributed by atoms with Crippen LogP contribution in [0.5, 0.6) is 0 Å². The first kappa shape index (κ1) is 21.4. The van der Waals surface area contributed by atoms with Crippen molar-refractivity contribution in [2.45, 2.75) is 33.2 Å². The lowest BCUT2D eigenvalue weighted by molar-refractivity contribution is -0.124. The molecule has 0 aliphatic carbocycles. The van der Waals surface area contributed by atoms with Crippen molar-refractivity contribution in [1.82, 2.24) is 20.1 Å². The number of rotatable bonds is 8. The molecule has 0 fully saturated rings. The zero-order valence-corrected chi connectivity index (χ0v) is 17.9. The van der Waals surface area contributed by atoms with Gasteiger partial charge in [0.25, 0.3) is 0 Å². The summed E-state index contributed by atoms with van der Waals surface area (Å²) in [5, 5.41) is 12.6. The van der Waals surface area contributed by atoms with Gasteiger partial charge < -0.3 is 10.6 Å². The Labute approximate surface area is 180 Å². The average Bonchev–Trinajstić information content (AvgIpc) is 3.12. The predicted octanol–water partition coefficient (Wildman–Crippen LogP) is 3.62. The molecule has 3 N–H and O–H groups in total. The van der Waals surface area contributed by atoms with Gasteiger partial charge in [-0.3, -0.25) is 19.3 Å². The van der Waals surface area contributed by atoms with E-state index in [9.17, 15) is 9.59 Å². The average molecular weight is 424 g/mol. The number of aromatic nitrogens is 3. The first-order valence-electron chi connectivity index (χ1n) is 9.84. The number of nitrogens with zero attached hydrogens (tertiary/aromatic N) is 2. The Hall–Kier alpha value is -3.26. The minimum absolute atomic E-state index is 0.0848. The van der Waals surface area contributed by atoms with Crippen LogP contribution in [0.4, 0.5) is 5.69 Å². The van der Waals surface area contributed by atoms with Gasteiger partial charge in [0.2, 0.25) is 11.8 Å². The van der Waals surface area contributed by atoms with Crippen LogP contribution >= 0.6 is 12.2 Å². The molecular formula is C22H25N5O2S. The maximum atomic E-state index is 12.3. The van der Waals surface area contributed by atoms with Gasteiger partial charge in [0.1, 0.15) is 0 Å². The number of hydrogen-bond acceptors (Lipinski definition) is 4. The summed E-state index contributed by atoms with van der Waals surface area (Å²) >= 11 is 5.30. The van der Waals surface area contributed by atoms with Crippen LogP contribution in [-0.4, -0.2) is 33.1 Å². The maximum absolute atomic E-state index is 12.3. The molecule has 0 aliphatic heterocycles. The molecule has 3 rings (SSSR count). The number of amides is 2. The monoisotopic (exact) mass is 423 g/mol. The molecule has 0 atom stereocenters. The molecule has 2 aromatic carbocycles. The molecule has 0 bridgehead atoms. The topological polar surface area (TPSA) is 91.8 Å². The van der Waals surface area contributed by atoms with Gasteiger partial charge in [0.15, 0.2) is 10.6 Å². The number of benzene rings is 2. The van der Waals surface area contributed by atoms with Crippen molar-refractivity contribution in [1.29, 1.82) is 0 Å². The first-order valence-corrected chi connectivity index (χ1v) is 10.3. The zero-order chi connectivity index (χ0) is 21.5. The summed E-state index contributed by atoms with van der Waals surface area (Å²) in [5.41, 5.74) is 3.89. The highest BCUT2D eigenvalue weighted by molar-refractivity contribution is 7.71. The second-order valence-corrected chi connectivity index (χ2v) is 7.34. The van der Waals surface area contributed by atoms with E-state index in [2.05, 4.69) is 20.8 Å². The van der Waals surface area contributed by atoms with Crippen LogP contribution in [-0.2, 0) is 22.6 Å². The van der Waals surface area contributed by atoms with Gasteiger partial charge in [-0.05, 0) is 37.2 Å². The highest BCUT2D eigenvalue weighted by Gasteiger charge is 2.12. The van der Waals surface area contributed by atoms with Gasteiger partial charge in [0, 0.05) is 24.2 Å². The quantitative estimate of drug-likeness (QED) is 0.483. The van der Waals surface area contributed by atoms with Crippen molar-refractivity contribution in [2.24, 2.45) is 0 Å². The summed E-state index contributed by atoms with van der Waals surface area (Å²) < 4.78 is 2.24. The van der Waals surface area contributed by atoms with Crippen molar-refractivity contribution < 1.29 is 9.59 Å². The second kappa shape index (κ2) is 9.98. The molecule has 0 unspecified atom stereocenters. The Balaban J connectivity index is 1.54. The normalized spacial score (nSPS) is 10.6. The van der Waals surface area contributed by atoms with Crippen molar-refractivity contribution in [3.63, 3.8) is 0 Å². The Morgan fingerprint density at radius 1 is 1.10 bits per heavy atom. The summed E-state index contributed by atoms with van der Waals surface area (Å²) in [5.74, 6) is 0.193. The molecule has 1 aromatic heterocycles. The number of carbonyl (C=O) groups excluding carboxylic acids is 2. The fourth-order valence-electron chi connectivity index (χ4n) is 3.07. The number of nitrogens with one attached hydrogen (secondary N) is 3. The van der Waals surface area contributed by atoms with Gasteiger partial charge in [-0.2, -0.15) is 5.10 Å². The summed E-state index contributed by atoms with van der Waals surface area (Å²) in [4.78, 5) is 24.4. The number of H-pyrrole nitrogens is 1. The maximum Gasteiger partial charge on any atom is 0.243 e. The summed E-state index contributed by atoms with van der Waals surface area (Å²) in [7, 11) is 0. The van der Waals surface area contributed by atoms with E-state index in [1.807, 2.05) is 62.4 Å². The largest absolute Gasteiger partial charge is 0.347 e. The fraction of sp³-hybridized carbons (Fsp3) is 0.273. The molecule has 2 amide bonds. The summed E-state index contributed by atoms with van der Waals surface area (Å²) in [6.45, 7) is 4.32. The predicted molar refractivity (Wildman–Crippen MR) is 120 cm³/mol. The van der Waals surface area contributed by atoms with Gasteiger partial charge in [-0.1, -0.05) is 55.0 Å². The standard InChI is InChI=1S/C22H25N5O2S/c1-3-16-6-4-5-7-18(16)24-20(29)14-23-19(28)12-13-27-21(25-26-22(27)30)17-10-8-15(2)9-11-17/h4-11H,3,12-14H2,1-2H3,(H,23,28)(H,24,29)(H,26,30). The van der Waals surface area contributed by atoms with E-state index in [1.54, 1.807) is 4.57 Å². The van der Waals surface area contributed by atoms with E-state index in [0.717, 1.165) is 28.8 Å². The van der Waals surface area contributed by atoms with Crippen LogP contribution in [0.15, 0.2) is 48.5 Å².